The van der Waals surface area contributed by atoms with Gasteiger partial charge in [0.1, 0.15) is 0 Å². The van der Waals surface area contributed by atoms with Crippen LogP contribution >= 0.6 is 0 Å². The molecule has 1 unspecified atom stereocenters. The molecule has 0 bridgehead atoms. The SMILES string of the molecule is CC(C)OCC(O)CN(C)C1CCC(c2ccccc2)CC1. The van der Waals surface area contributed by atoms with Gasteiger partial charge in [-0.15, -0.1) is 0 Å². The van der Waals surface area contributed by atoms with E-state index in [2.05, 4.69) is 42.3 Å². The van der Waals surface area contributed by atoms with Crippen LogP contribution in [0.5, 0.6) is 0 Å². The van der Waals surface area contributed by atoms with Gasteiger partial charge in [-0.05, 0) is 58.1 Å². The van der Waals surface area contributed by atoms with Gasteiger partial charge in [0.15, 0.2) is 0 Å². The minimum Gasteiger partial charge on any atom is -0.389 e. The maximum atomic E-state index is 10.1. The zero-order chi connectivity index (χ0) is 15.9. The molecule has 0 aliphatic heterocycles. The lowest BCUT2D eigenvalue weighted by atomic mass is 9.81. The van der Waals surface area contributed by atoms with E-state index in [1.807, 2.05) is 13.8 Å². The first kappa shape index (κ1) is 17.5. The van der Waals surface area contributed by atoms with Crippen molar-refractivity contribution in [3.05, 3.63) is 35.9 Å². The average Bonchev–Trinajstić information content (AvgIpc) is 2.54. The molecule has 1 aromatic carbocycles. The van der Waals surface area contributed by atoms with Crippen LogP contribution in [-0.2, 0) is 4.74 Å². The van der Waals surface area contributed by atoms with Crippen LogP contribution in [0, 0.1) is 0 Å². The normalized spacial score (nSPS) is 23.9. The number of rotatable bonds is 7. The molecule has 0 saturated heterocycles. The van der Waals surface area contributed by atoms with E-state index in [0.717, 1.165) is 0 Å². The lowest BCUT2D eigenvalue weighted by molar-refractivity contribution is -0.0124. The van der Waals surface area contributed by atoms with Gasteiger partial charge < -0.3 is 14.7 Å². The molecular formula is C19H31NO2. The molecule has 1 aliphatic carbocycles. The molecule has 1 fully saturated rings. The maximum absolute atomic E-state index is 10.1. The standard InChI is InChI=1S/C19H31NO2/c1-15(2)22-14-19(21)13-20(3)18-11-9-17(10-12-18)16-7-5-4-6-8-16/h4-8,15,17-19,21H,9-14H2,1-3H3. The smallest absolute Gasteiger partial charge is 0.0900 e. The molecule has 0 spiro atoms. The molecule has 1 aromatic rings. The van der Waals surface area contributed by atoms with Crippen LogP contribution in [-0.4, -0.2) is 48.5 Å². The van der Waals surface area contributed by atoms with Crippen LogP contribution < -0.4 is 0 Å². The minimum atomic E-state index is -0.390. The fourth-order valence-electron chi connectivity index (χ4n) is 3.41. The average molecular weight is 305 g/mol. The summed E-state index contributed by atoms with van der Waals surface area (Å²) in [6.07, 6.45) is 4.72. The van der Waals surface area contributed by atoms with E-state index in [9.17, 15) is 5.11 Å². The van der Waals surface area contributed by atoms with Crippen molar-refractivity contribution in [3.8, 4) is 0 Å². The van der Waals surface area contributed by atoms with E-state index in [4.69, 9.17) is 4.74 Å². The van der Waals surface area contributed by atoms with Crippen LogP contribution in [0.2, 0.25) is 0 Å². The van der Waals surface area contributed by atoms with Gasteiger partial charge >= 0.3 is 0 Å². The lowest BCUT2D eigenvalue weighted by Crippen LogP contribution is -2.41. The Bertz CT molecular complexity index is 413. The first-order chi connectivity index (χ1) is 10.6. The molecule has 2 rings (SSSR count). The second-order valence-corrected chi connectivity index (χ2v) is 6.89. The maximum Gasteiger partial charge on any atom is 0.0900 e. The van der Waals surface area contributed by atoms with Crippen molar-refractivity contribution in [2.75, 3.05) is 20.2 Å². The monoisotopic (exact) mass is 305 g/mol. The van der Waals surface area contributed by atoms with E-state index < -0.39 is 0 Å². The van der Waals surface area contributed by atoms with Gasteiger partial charge in [0.2, 0.25) is 0 Å². The fourth-order valence-corrected chi connectivity index (χ4v) is 3.41. The number of likely N-dealkylation sites (N-methyl/N-ethyl adjacent to an activating group) is 1. The highest BCUT2D eigenvalue weighted by Gasteiger charge is 2.25. The highest BCUT2D eigenvalue weighted by atomic mass is 16.5. The van der Waals surface area contributed by atoms with Gasteiger partial charge in [0.25, 0.3) is 0 Å². The Labute approximate surface area is 135 Å². The predicted molar refractivity (Wildman–Crippen MR) is 91.2 cm³/mol. The molecule has 3 nitrogen and oxygen atoms in total. The molecule has 1 N–H and O–H groups in total. The van der Waals surface area contributed by atoms with E-state index >= 15 is 0 Å². The first-order valence-electron chi connectivity index (χ1n) is 8.61. The van der Waals surface area contributed by atoms with Crippen molar-refractivity contribution < 1.29 is 9.84 Å². The quantitative estimate of drug-likeness (QED) is 0.838. The van der Waals surface area contributed by atoms with Gasteiger partial charge in [-0.25, -0.2) is 0 Å². The van der Waals surface area contributed by atoms with Gasteiger partial charge in [0, 0.05) is 12.6 Å². The highest BCUT2D eigenvalue weighted by molar-refractivity contribution is 5.20. The Kier molecular flexibility index (Phi) is 6.87. The summed E-state index contributed by atoms with van der Waals surface area (Å²) in [6.45, 7) is 5.14. The lowest BCUT2D eigenvalue weighted by Gasteiger charge is -2.35. The molecule has 3 heteroatoms. The molecule has 22 heavy (non-hydrogen) atoms. The number of hydrogen-bond acceptors (Lipinski definition) is 3. The second-order valence-electron chi connectivity index (χ2n) is 6.89. The van der Waals surface area contributed by atoms with E-state index in [1.165, 1.54) is 31.2 Å². The topological polar surface area (TPSA) is 32.7 Å². The van der Waals surface area contributed by atoms with Gasteiger partial charge in [0.05, 0.1) is 18.8 Å². The van der Waals surface area contributed by atoms with E-state index in [1.54, 1.807) is 0 Å². The Morgan fingerprint density at radius 1 is 1.14 bits per heavy atom. The largest absolute Gasteiger partial charge is 0.389 e. The molecule has 1 atom stereocenters. The first-order valence-corrected chi connectivity index (χ1v) is 8.61. The van der Waals surface area contributed by atoms with Crippen molar-refractivity contribution in [1.29, 1.82) is 0 Å². The van der Waals surface area contributed by atoms with E-state index in [0.29, 0.717) is 25.1 Å². The molecule has 0 heterocycles. The van der Waals surface area contributed by atoms with Gasteiger partial charge in [-0.2, -0.15) is 0 Å². The number of aliphatic hydroxyl groups is 1. The third-order valence-corrected chi connectivity index (χ3v) is 4.71. The third-order valence-electron chi connectivity index (χ3n) is 4.71. The molecular weight excluding hydrogens is 274 g/mol. The highest BCUT2D eigenvalue weighted by Crippen LogP contribution is 2.34. The Hall–Kier alpha value is -0.900. The predicted octanol–water partition coefficient (Wildman–Crippen LogP) is 3.43. The molecule has 124 valence electrons. The molecule has 0 amide bonds. The zero-order valence-corrected chi connectivity index (χ0v) is 14.2. The van der Waals surface area contributed by atoms with Crippen molar-refractivity contribution >= 4 is 0 Å². The summed E-state index contributed by atoms with van der Waals surface area (Å²) in [6, 6.07) is 11.5. The number of ether oxygens (including phenoxy) is 1. The minimum absolute atomic E-state index is 0.182. The third kappa shape index (κ3) is 5.38. The molecule has 1 aliphatic rings. The van der Waals surface area contributed by atoms with Gasteiger partial charge in [-0.3, -0.25) is 0 Å². The Morgan fingerprint density at radius 2 is 1.77 bits per heavy atom. The molecule has 1 saturated carbocycles. The second kappa shape index (κ2) is 8.66. The number of nitrogens with zero attached hydrogens (tertiary/aromatic N) is 1. The zero-order valence-electron chi connectivity index (χ0n) is 14.2. The Morgan fingerprint density at radius 3 is 2.36 bits per heavy atom. The van der Waals surface area contributed by atoms with Crippen molar-refractivity contribution in [1.82, 2.24) is 4.90 Å². The van der Waals surface area contributed by atoms with E-state index in [-0.39, 0.29) is 12.2 Å². The fraction of sp³-hybridized carbons (Fsp3) is 0.684. The summed E-state index contributed by atoms with van der Waals surface area (Å²) in [5.74, 6) is 0.708. The van der Waals surface area contributed by atoms with Crippen LogP contribution in [0.25, 0.3) is 0 Å². The van der Waals surface area contributed by atoms with Crippen LogP contribution in [0.15, 0.2) is 30.3 Å². The summed E-state index contributed by atoms with van der Waals surface area (Å²) >= 11 is 0. The number of benzene rings is 1. The van der Waals surface area contributed by atoms with Crippen LogP contribution in [0.1, 0.15) is 51.0 Å². The summed E-state index contributed by atoms with van der Waals surface area (Å²) in [5.41, 5.74) is 1.48. The van der Waals surface area contributed by atoms with Gasteiger partial charge in [-0.1, -0.05) is 30.3 Å². The van der Waals surface area contributed by atoms with Crippen LogP contribution in [0.4, 0.5) is 0 Å². The summed E-state index contributed by atoms with van der Waals surface area (Å²) in [4.78, 5) is 2.32. The van der Waals surface area contributed by atoms with Crippen molar-refractivity contribution in [3.63, 3.8) is 0 Å². The summed E-state index contributed by atoms with van der Waals surface area (Å²) in [7, 11) is 2.13. The van der Waals surface area contributed by atoms with Crippen molar-refractivity contribution in [2.45, 2.75) is 63.7 Å². The Balaban J connectivity index is 1.74. The summed E-state index contributed by atoms with van der Waals surface area (Å²) < 4.78 is 5.49. The van der Waals surface area contributed by atoms with Crippen LogP contribution in [0.3, 0.4) is 0 Å². The summed E-state index contributed by atoms with van der Waals surface area (Å²) in [5, 5.41) is 10.1. The number of aliphatic hydroxyl groups excluding tert-OH is 1. The number of hydrogen-bond donors (Lipinski definition) is 1. The molecule has 0 aromatic heterocycles. The van der Waals surface area contributed by atoms with Crippen molar-refractivity contribution in [2.24, 2.45) is 0 Å². The molecule has 0 radical (unpaired) electrons.